The van der Waals surface area contributed by atoms with Crippen LogP contribution >= 0.6 is 11.6 Å². The van der Waals surface area contributed by atoms with E-state index >= 15 is 0 Å². The second-order valence-corrected chi connectivity index (χ2v) is 2.10. The van der Waals surface area contributed by atoms with Gasteiger partial charge in [-0.3, -0.25) is 0 Å². The number of nitrogens with zero attached hydrogens (tertiary/aromatic N) is 2. The molecule has 1 aromatic rings. The lowest BCUT2D eigenvalue weighted by molar-refractivity contribution is -0.402. The van der Waals surface area contributed by atoms with Crippen molar-refractivity contribution in [2.45, 2.75) is 0 Å². The van der Waals surface area contributed by atoms with E-state index in [-0.39, 0.29) is 5.15 Å². The molecule has 0 bridgehead atoms. The van der Waals surface area contributed by atoms with Gasteiger partial charge < -0.3 is 15.2 Å². The number of hydrogen-bond donors (Lipinski definition) is 0. The lowest BCUT2D eigenvalue weighted by atomic mass is 10.4. The van der Waals surface area contributed by atoms with Crippen LogP contribution in [-0.4, -0.2) is 9.91 Å². The Kier molecular flexibility index (Phi) is 1.91. The van der Waals surface area contributed by atoms with E-state index in [0.717, 1.165) is 6.07 Å². The summed E-state index contributed by atoms with van der Waals surface area (Å²) < 4.78 is 0. The smallest absolute Gasteiger partial charge is 0.357 e. The van der Waals surface area contributed by atoms with Crippen molar-refractivity contribution in [3.8, 4) is 5.75 Å². The number of pyridine rings is 1. The third-order valence-electron chi connectivity index (χ3n) is 0.978. The van der Waals surface area contributed by atoms with E-state index in [2.05, 4.69) is 4.98 Å². The Morgan fingerprint density at radius 2 is 2.18 bits per heavy atom. The highest BCUT2D eigenvalue weighted by Crippen LogP contribution is 2.21. The highest BCUT2D eigenvalue weighted by Gasteiger charge is 2.08. The largest absolute Gasteiger partial charge is 0.867 e. The van der Waals surface area contributed by atoms with Crippen LogP contribution < -0.4 is 5.11 Å². The van der Waals surface area contributed by atoms with Gasteiger partial charge in [0, 0.05) is 6.07 Å². The lowest BCUT2D eigenvalue weighted by Crippen LogP contribution is -1.99. The van der Waals surface area contributed by atoms with Gasteiger partial charge in [-0.05, 0) is 27.3 Å². The van der Waals surface area contributed by atoms with Gasteiger partial charge in [0.1, 0.15) is 0 Å². The normalized spacial score (nSPS) is 9.55. The number of halogens is 1. The van der Waals surface area contributed by atoms with Crippen LogP contribution in [-0.2, 0) is 0 Å². The van der Waals surface area contributed by atoms with Crippen molar-refractivity contribution >= 4 is 17.4 Å². The van der Waals surface area contributed by atoms with Crippen LogP contribution in [0.4, 0.5) is 5.82 Å². The van der Waals surface area contributed by atoms with E-state index in [1.54, 1.807) is 0 Å². The summed E-state index contributed by atoms with van der Waals surface area (Å²) in [7, 11) is 0. The number of nitro groups is 1. The minimum absolute atomic E-state index is 0.0590. The molecule has 0 aliphatic rings. The molecule has 1 rings (SSSR count). The molecule has 11 heavy (non-hydrogen) atoms. The summed E-state index contributed by atoms with van der Waals surface area (Å²) in [4.78, 5) is 12.4. The summed E-state index contributed by atoms with van der Waals surface area (Å²) in [6.45, 7) is 0. The summed E-state index contributed by atoms with van der Waals surface area (Å²) in [6, 6.07) is 2.21. The van der Waals surface area contributed by atoms with E-state index < -0.39 is 16.5 Å². The molecule has 1 aromatic heterocycles. The molecule has 5 nitrogen and oxygen atoms in total. The molecular weight excluding hydrogens is 172 g/mol. The number of aromatic nitrogens is 1. The molecule has 0 aliphatic carbocycles. The first-order chi connectivity index (χ1) is 5.11. The third kappa shape index (κ3) is 1.56. The van der Waals surface area contributed by atoms with E-state index in [0.29, 0.717) is 0 Å². The van der Waals surface area contributed by atoms with Crippen LogP contribution in [0.5, 0.6) is 5.75 Å². The van der Waals surface area contributed by atoms with Crippen molar-refractivity contribution in [1.29, 1.82) is 0 Å². The second kappa shape index (κ2) is 2.71. The van der Waals surface area contributed by atoms with Gasteiger partial charge in [0.05, 0.1) is 0 Å². The third-order valence-corrected chi connectivity index (χ3v) is 1.19. The quantitative estimate of drug-likeness (QED) is 0.356. The predicted octanol–water partition coefficient (Wildman–Crippen LogP) is 0.717. The Labute approximate surface area is 66.4 Å². The minimum atomic E-state index is -0.867. The Bertz CT molecular complexity index is 302. The number of rotatable bonds is 1. The lowest BCUT2D eigenvalue weighted by Gasteiger charge is -2.03. The van der Waals surface area contributed by atoms with Crippen molar-refractivity contribution in [3.05, 3.63) is 27.4 Å². The fourth-order valence-corrected chi connectivity index (χ4v) is 0.686. The van der Waals surface area contributed by atoms with Gasteiger partial charge in [-0.2, -0.15) is 0 Å². The van der Waals surface area contributed by atoms with Crippen molar-refractivity contribution in [3.63, 3.8) is 0 Å². The highest BCUT2D eigenvalue weighted by molar-refractivity contribution is 6.29. The molecule has 0 saturated carbocycles. The Balaban J connectivity index is 3.23. The van der Waals surface area contributed by atoms with E-state index in [1.165, 1.54) is 6.07 Å². The maximum Gasteiger partial charge on any atom is 0.357 e. The summed E-state index contributed by atoms with van der Waals surface area (Å²) >= 11 is 5.31. The van der Waals surface area contributed by atoms with Gasteiger partial charge in [-0.1, -0.05) is 6.07 Å². The molecule has 0 N–H and O–H groups in total. The van der Waals surface area contributed by atoms with Crippen molar-refractivity contribution < 1.29 is 10.0 Å². The summed E-state index contributed by atoms with van der Waals surface area (Å²) in [5, 5.41) is 20.6. The molecule has 6 heteroatoms. The molecule has 58 valence electrons. The van der Waals surface area contributed by atoms with Gasteiger partial charge in [0.2, 0.25) is 5.15 Å². The van der Waals surface area contributed by atoms with Crippen molar-refractivity contribution in [1.82, 2.24) is 4.98 Å². The summed E-state index contributed by atoms with van der Waals surface area (Å²) in [5.74, 6) is -1.48. The minimum Gasteiger partial charge on any atom is -0.867 e. The van der Waals surface area contributed by atoms with Gasteiger partial charge in [-0.15, -0.1) is 0 Å². The fraction of sp³-hybridized carbons (Fsp3) is 0. The van der Waals surface area contributed by atoms with Crippen LogP contribution in [0.15, 0.2) is 12.1 Å². The topological polar surface area (TPSA) is 79.1 Å². The Hall–Kier alpha value is -1.36. The first-order valence-corrected chi connectivity index (χ1v) is 2.97. The van der Waals surface area contributed by atoms with Gasteiger partial charge >= 0.3 is 5.82 Å². The molecule has 0 fully saturated rings. The van der Waals surface area contributed by atoms with Gasteiger partial charge in [0.25, 0.3) is 0 Å². The van der Waals surface area contributed by atoms with Crippen LogP contribution in [0.2, 0.25) is 5.15 Å². The van der Waals surface area contributed by atoms with Crippen molar-refractivity contribution in [2.24, 2.45) is 0 Å². The molecule has 0 saturated heterocycles. The SMILES string of the molecule is O=[N+]([O-])c1nc(Cl)ccc1[O-]. The maximum atomic E-state index is 10.7. The molecule has 0 aliphatic heterocycles. The number of hydrogen-bond acceptors (Lipinski definition) is 4. The Morgan fingerprint density at radius 3 is 2.64 bits per heavy atom. The monoisotopic (exact) mass is 173 g/mol. The van der Waals surface area contributed by atoms with Gasteiger partial charge in [0.15, 0.2) is 0 Å². The van der Waals surface area contributed by atoms with Crippen LogP contribution in [0.1, 0.15) is 0 Å². The fourth-order valence-electron chi connectivity index (χ4n) is 0.543. The van der Waals surface area contributed by atoms with E-state index in [1.807, 2.05) is 0 Å². The van der Waals surface area contributed by atoms with E-state index in [4.69, 9.17) is 11.6 Å². The maximum absolute atomic E-state index is 10.7. The first kappa shape index (κ1) is 7.74. The summed E-state index contributed by atoms with van der Waals surface area (Å²) in [6.07, 6.45) is 0. The average Bonchev–Trinajstić information content (AvgIpc) is 1.94. The predicted molar refractivity (Wildman–Crippen MR) is 35.3 cm³/mol. The van der Waals surface area contributed by atoms with Crippen LogP contribution in [0.3, 0.4) is 0 Å². The molecule has 0 aromatic carbocycles. The first-order valence-electron chi connectivity index (χ1n) is 2.59. The molecule has 1 heterocycles. The Morgan fingerprint density at radius 1 is 1.55 bits per heavy atom. The van der Waals surface area contributed by atoms with Crippen LogP contribution in [0.25, 0.3) is 0 Å². The molecule has 0 spiro atoms. The zero-order chi connectivity index (χ0) is 8.43. The molecular formula is C5H2ClN2O3-. The zero-order valence-electron chi connectivity index (χ0n) is 5.15. The highest BCUT2D eigenvalue weighted by atomic mass is 35.5. The molecule has 0 radical (unpaired) electrons. The second-order valence-electron chi connectivity index (χ2n) is 1.71. The van der Waals surface area contributed by atoms with Crippen molar-refractivity contribution in [2.75, 3.05) is 0 Å². The summed E-state index contributed by atoms with van der Waals surface area (Å²) in [5.41, 5.74) is 0. The van der Waals surface area contributed by atoms with Gasteiger partial charge in [-0.25, -0.2) is 0 Å². The molecule has 0 atom stereocenters. The molecule has 0 amide bonds. The zero-order valence-corrected chi connectivity index (χ0v) is 5.91. The molecule has 0 unspecified atom stereocenters. The standard InChI is InChI=1S/C5H3ClN2O3/c6-4-2-1-3(9)5(7-4)8(10)11/h1-2,9H/p-1. The average molecular weight is 174 g/mol. The van der Waals surface area contributed by atoms with E-state index in [9.17, 15) is 15.2 Å². The van der Waals surface area contributed by atoms with Crippen LogP contribution in [0, 0.1) is 10.1 Å².